The highest BCUT2D eigenvalue weighted by Crippen LogP contribution is 2.24. The molecule has 0 radical (unpaired) electrons. The molecule has 1 fully saturated rings. The summed E-state index contributed by atoms with van der Waals surface area (Å²) in [6.07, 6.45) is 6.35. The molecule has 0 spiro atoms. The van der Waals surface area contributed by atoms with Crippen molar-refractivity contribution in [2.24, 2.45) is 5.92 Å². The lowest BCUT2D eigenvalue weighted by Crippen LogP contribution is -2.25. The molecule has 0 unspecified atom stereocenters. The lowest BCUT2D eigenvalue weighted by atomic mass is 9.89. The summed E-state index contributed by atoms with van der Waals surface area (Å²) >= 11 is 0. The fourth-order valence-electron chi connectivity index (χ4n) is 3.21. The number of benzene rings is 1. The van der Waals surface area contributed by atoms with Gasteiger partial charge in [0.05, 0.1) is 7.11 Å². The van der Waals surface area contributed by atoms with E-state index < -0.39 is 0 Å². The largest absolute Gasteiger partial charge is 0.497 e. The Balaban J connectivity index is 1.44. The van der Waals surface area contributed by atoms with Crippen molar-refractivity contribution in [3.8, 4) is 5.75 Å². The quantitative estimate of drug-likeness (QED) is 0.793. The second-order valence-corrected chi connectivity index (χ2v) is 6.65. The number of carbonyl (C=O) groups excluding carboxylic acids is 1. The van der Waals surface area contributed by atoms with Gasteiger partial charge in [-0.25, -0.2) is 0 Å². The SMILES string of the molecule is COc1ccc(CCNc2ccc(NC(=O)C3CCCCC3)nn2)cc1. The van der Waals surface area contributed by atoms with Crippen molar-refractivity contribution in [2.45, 2.75) is 38.5 Å². The van der Waals surface area contributed by atoms with Gasteiger partial charge in [0.1, 0.15) is 11.6 Å². The van der Waals surface area contributed by atoms with Crippen LogP contribution >= 0.6 is 0 Å². The molecule has 0 saturated heterocycles. The van der Waals surface area contributed by atoms with Crippen LogP contribution in [0.4, 0.5) is 11.6 Å². The van der Waals surface area contributed by atoms with E-state index in [1.165, 1.54) is 12.0 Å². The molecule has 0 aliphatic heterocycles. The molecular formula is C20H26N4O2. The summed E-state index contributed by atoms with van der Waals surface area (Å²) in [7, 11) is 1.66. The van der Waals surface area contributed by atoms with E-state index >= 15 is 0 Å². The van der Waals surface area contributed by atoms with Gasteiger partial charge in [-0.2, -0.15) is 0 Å². The summed E-state index contributed by atoms with van der Waals surface area (Å²) in [4.78, 5) is 12.2. The smallest absolute Gasteiger partial charge is 0.228 e. The average Bonchev–Trinajstić information content (AvgIpc) is 2.70. The molecular weight excluding hydrogens is 328 g/mol. The van der Waals surface area contributed by atoms with Gasteiger partial charge >= 0.3 is 0 Å². The standard InChI is InChI=1S/C20H26N4O2/c1-26-17-9-7-15(8-10-17)13-14-21-18-11-12-19(24-23-18)22-20(25)16-5-3-2-4-6-16/h7-12,16H,2-6,13-14H2,1H3,(H,21,23)(H,22,24,25). The van der Waals surface area contributed by atoms with Crippen molar-refractivity contribution in [3.05, 3.63) is 42.0 Å². The molecule has 0 bridgehead atoms. The highest BCUT2D eigenvalue weighted by Gasteiger charge is 2.21. The van der Waals surface area contributed by atoms with E-state index in [1.807, 2.05) is 18.2 Å². The molecule has 1 saturated carbocycles. The van der Waals surface area contributed by atoms with Gasteiger partial charge in [-0.1, -0.05) is 31.4 Å². The van der Waals surface area contributed by atoms with E-state index in [2.05, 4.69) is 33.0 Å². The highest BCUT2D eigenvalue weighted by molar-refractivity contribution is 5.91. The monoisotopic (exact) mass is 354 g/mol. The first-order chi connectivity index (χ1) is 12.7. The summed E-state index contributed by atoms with van der Waals surface area (Å²) in [5.41, 5.74) is 1.22. The van der Waals surface area contributed by atoms with Crippen LogP contribution in [0, 0.1) is 5.92 Å². The zero-order chi connectivity index (χ0) is 18.2. The minimum atomic E-state index is 0.0687. The van der Waals surface area contributed by atoms with Crippen molar-refractivity contribution in [3.63, 3.8) is 0 Å². The molecule has 6 nitrogen and oxygen atoms in total. The van der Waals surface area contributed by atoms with Crippen LogP contribution < -0.4 is 15.4 Å². The van der Waals surface area contributed by atoms with E-state index in [9.17, 15) is 4.79 Å². The predicted molar refractivity (Wildman–Crippen MR) is 102 cm³/mol. The number of rotatable bonds is 7. The number of ether oxygens (including phenoxy) is 1. The summed E-state index contributed by atoms with van der Waals surface area (Å²) in [5.74, 6) is 2.26. The van der Waals surface area contributed by atoms with Gasteiger partial charge in [0, 0.05) is 12.5 Å². The van der Waals surface area contributed by atoms with Gasteiger partial charge in [-0.15, -0.1) is 10.2 Å². The molecule has 138 valence electrons. The second-order valence-electron chi connectivity index (χ2n) is 6.65. The van der Waals surface area contributed by atoms with Gasteiger partial charge < -0.3 is 15.4 Å². The zero-order valence-electron chi connectivity index (χ0n) is 15.2. The first kappa shape index (κ1) is 18.2. The van der Waals surface area contributed by atoms with Crippen LogP contribution in [0.15, 0.2) is 36.4 Å². The van der Waals surface area contributed by atoms with Crippen LogP contribution in [0.3, 0.4) is 0 Å². The molecule has 1 aromatic carbocycles. The Kier molecular flexibility index (Phi) is 6.41. The van der Waals surface area contributed by atoms with Crippen LogP contribution in [-0.2, 0) is 11.2 Å². The first-order valence-electron chi connectivity index (χ1n) is 9.26. The molecule has 26 heavy (non-hydrogen) atoms. The Labute approximate surface area is 154 Å². The number of hydrogen-bond acceptors (Lipinski definition) is 5. The van der Waals surface area contributed by atoms with Crippen molar-refractivity contribution in [1.82, 2.24) is 10.2 Å². The molecule has 6 heteroatoms. The average molecular weight is 354 g/mol. The van der Waals surface area contributed by atoms with Crippen LogP contribution in [0.25, 0.3) is 0 Å². The molecule has 1 aromatic heterocycles. The Hall–Kier alpha value is -2.63. The number of amides is 1. The zero-order valence-corrected chi connectivity index (χ0v) is 15.2. The highest BCUT2D eigenvalue weighted by atomic mass is 16.5. The fraction of sp³-hybridized carbons (Fsp3) is 0.450. The van der Waals surface area contributed by atoms with E-state index in [0.29, 0.717) is 11.6 Å². The number of nitrogens with zero attached hydrogens (tertiary/aromatic N) is 2. The van der Waals surface area contributed by atoms with E-state index in [-0.39, 0.29) is 11.8 Å². The van der Waals surface area contributed by atoms with Gasteiger partial charge in [0.2, 0.25) is 5.91 Å². The summed E-state index contributed by atoms with van der Waals surface area (Å²) in [6, 6.07) is 11.7. The van der Waals surface area contributed by atoms with Crippen molar-refractivity contribution in [2.75, 3.05) is 24.3 Å². The predicted octanol–water partition coefficient (Wildman–Crippen LogP) is 3.66. The number of methoxy groups -OCH3 is 1. The number of carbonyl (C=O) groups is 1. The first-order valence-corrected chi connectivity index (χ1v) is 9.26. The van der Waals surface area contributed by atoms with Crippen molar-refractivity contribution in [1.29, 1.82) is 0 Å². The topological polar surface area (TPSA) is 76.1 Å². The van der Waals surface area contributed by atoms with E-state index in [1.54, 1.807) is 13.2 Å². The maximum Gasteiger partial charge on any atom is 0.228 e. The van der Waals surface area contributed by atoms with E-state index in [4.69, 9.17) is 4.74 Å². The van der Waals surface area contributed by atoms with Gasteiger partial charge in [0.25, 0.3) is 0 Å². The van der Waals surface area contributed by atoms with Gasteiger partial charge in [-0.3, -0.25) is 4.79 Å². The maximum atomic E-state index is 12.2. The second kappa shape index (κ2) is 9.17. The molecule has 1 amide bonds. The maximum absolute atomic E-state index is 12.2. The van der Waals surface area contributed by atoms with Crippen LogP contribution in [0.5, 0.6) is 5.75 Å². The number of nitrogens with one attached hydrogen (secondary N) is 2. The minimum absolute atomic E-state index is 0.0687. The molecule has 3 rings (SSSR count). The third-order valence-electron chi connectivity index (χ3n) is 4.77. The van der Waals surface area contributed by atoms with Gasteiger partial charge in [-0.05, 0) is 49.1 Å². The molecule has 1 aliphatic carbocycles. The Morgan fingerprint density at radius 2 is 1.73 bits per heavy atom. The molecule has 0 atom stereocenters. The van der Waals surface area contributed by atoms with Crippen LogP contribution in [0.1, 0.15) is 37.7 Å². The molecule has 2 N–H and O–H groups in total. The normalized spacial score (nSPS) is 14.7. The third kappa shape index (κ3) is 5.18. The third-order valence-corrected chi connectivity index (χ3v) is 4.77. The summed E-state index contributed by atoms with van der Waals surface area (Å²) < 4.78 is 5.16. The fourth-order valence-corrected chi connectivity index (χ4v) is 3.21. The van der Waals surface area contributed by atoms with E-state index in [0.717, 1.165) is 44.4 Å². The van der Waals surface area contributed by atoms with Crippen molar-refractivity contribution >= 4 is 17.5 Å². The van der Waals surface area contributed by atoms with Crippen LogP contribution in [-0.4, -0.2) is 29.8 Å². The minimum Gasteiger partial charge on any atom is -0.497 e. The Morgan fingerprint density at radius 3 is 2.38 bits per heavy atom. The number of hydrogen-bond donors (Lipinski definition) is 2. The Morgan fingerprint density at radius 1 is 1.04 bits per heavy atom. The molecule has 2 aromatic rings. The summed E-state index contributed by atoms with van der Waals surface area (Å²) in [5, 5.41) is 14.4. The lowest BCUT2D eigenvalue weighted by Gasteiger charge is -2.20. The lowest BCUT2D eigenvalue weighted by molar-refractivity contribution is -0.120. The number of anilines is 2. The Bertz CT molecular complexity index is 695. The summed E-state index contributed by atoms with van der Waals surface area (Å²) in [6.45, 7) is 0.759. The number of aromatic nitrogens is 2. The van der Waals surface area contributed by atoms with Crippen LogP contribution in [0.2, 0.25) is 0 Å². The van der Waals surface area contributed by atoms with Crippen molar-refractivity contribution < 1.29 is 9.53 Å². The molecule has 1 heterocycles. The molecule has 1 aliphatic rings. The van der Waals surface area contributed by atoms with Gasteiger partial charge in [0.15, 0.2) is 5.82 Å².